The molecule has 2 rings (SSSR count). The molecule has 0 aromatic rings. The molecule has 0 bridgehead atoms. The van der Waals surface area contributed by atoms with E-state index in [1.54, 1.807) is 4.90 Å². The summed E-state index contributed by atoms with van der Waals surface area (Å²) in [6.07, 6.45) is 4.46. The van der Waals surface area contributed by atoms with E-state index >= 15 is 0 Å². The highest BCUT2D eigenvalue weighted by atomic mass is 16.5. The number of hydrogen-bond acceptors (Lipinski definition) is 4. The predicted molar refractivity (Wildman–Crippen MR) is 62.1 cm³/mol. The van der Waals surface area contributed by atoms with Crippen molar-refractivity contribution in [1.29, 1.82) is 0 Å². The van der Waals surface area contributed by atoms with Crippen molar-refractivity contribution in [2.75, 3.05) is 13.7 Å². The Hall–Kier alpha value is -1.10. The average molecular weight is 240 g/mol. The zero-order valence-electron chi connectivity index (χ0n) is 10.2. The highest BCUT2D eigenvalue weighted by Crippen LogP contribution is 2.28. The van der Waals surface area contributed by atoms with Crippen LogP contribution in [0.4, 0.5) is 0 Å². The van der Waals surface area contributed by atoms with Gasteiger partial charge in [0.05, 0.1) is 13.0 Å². The lowest BCUT2D eigenvalue weighted by molar-refractivity contribution is -0.145. The molecule has 0 aromatic carbocycles. The Morgan fingerprint density at radius 2 is 2.12 bits per heavy atom. The Balaban J connectivity index is 2.02. The molecule has 1 amide bonds. The van der Waals surface area contributed by atoms with Gasteiger partial charge in [0, 0.05) is 25.0 Å². The number of likely N-dealkylation sites (tertiary alicyclic amines) is 1. The van der Waals surface area contributed by atoms with Gasteiger partial charge in [-0.2, -0.15) is 0 Å². The van der Waals surface area contributed by atoms with Gasteiger partial charge in [0.2, 0.25) is 5.91 Å². The highest BCUT2D eigenvalue weighted by Gasteiger charge is 2.40. The normalized spacial score (nSPS) is 33.9. The molecular formula is C12H20N2O3. The second-order valence-electron chi connectivity index (χ2n) is 4.99. The van der Waals surface area contributed by atoms with E-state index in [0.717, 1.165) is 25.7 Å². The smallest absolute Gasteiger partial charge is 0.310 e. The standard InChI is InChI=1S/C12H20N2O3/c1-17-12(16)8-6-11(15)14(7-8)10-5-3-2-4-9(10)13/h8-10H,2-7,13H2,1H3/t8?,9-,10-/m0/s1. The Kier molecular flexibility index (Phi) is 3.66. The Morgan fingerprint density at radius 3 is 2.76 bits per heavy atom. The van der Waals surface area contributed by atoms with Crippen molar-refractivity contribution in [3.63, 3.8) is 0 Å². The first kappa shape index (κ1) is 12.4. The van der Waals surface area contributed by atoms with E-state index < -0.39 is 0 Å². The van der Waals surface area contributed by atoms with Gasteiger partial charge in [0.25, 0.3) is 0 Å². The molecule has 1 saturated heterocycles. The monoisotopic (exact) mass is 240 g/mol. The van der Waals surface area contributed by atoms with Crippen molar-refractivity contribution < 1.29 is 14.3 Å². The first-order chi connectivity index (χ1) is 8.13. The molecule has 1 aliphatic heterocycles. The lowest BCUT2D eigenvalue weighted by atomic mass is 9.90. The van der Waals surface area contributed by atoms with E-state index in [1.165, 1.54) is 7.11 Å². The number of methoxy groups -OCH3 is 1. The van der Waals surface area contributed by atoms with Crippen molar-refractivity contribution in [2.45, 2.75) is 44.2 Å². The molecule has 0 radical (unpaired) electrons. The molecule has 2 fully saturated rings. The minimum atomic E-state index is -0.304. The number of esters is 1. The Morgan fingerprint density at radius 1 is 1.41 bits per heavy atom. The van der Waals surface area contributed by atoms with Crippen LogP contribution in [0.3, 0.4) is 0 Å². The number of nitrogens with zero attached hydrogens (tertiary/aromatic N) is 1. The minimum Gasteiger partial charge on any atom is -0.469 e. The Labute approximate surface area is 101 Å². The summed E-state index contributed by atoms with van der Waals surface area (Å²) < 4.78 is 4.70. The van der Waals surface area contributed by atoms with Gasteiger partial charge in [-0.3, -0.25) is 9.59 Å². The van der Waals surface area contributed by atoms with Crippen molar-refractivity contribution in [3.8, 4) is 0 Å². The summed E-state index contributed by atoms with van der Waals surface area (Å²) in [5.74, 6) is -0.547. The van der Waals surface area contributed by atoms with E-state index in [2.05, 4.69) is 0 Å². The summed E-state index contributed by atoms with van der Waals surface area (Å²) in [4.78, 5) is 25.1. The number of hydrogen-bond donors (Lipinski definition) is 1. The largest absolute Gasteiger partial charge is 0.469 e. The zero-order chi connectivity index (χ0) is 12.4. The maximum Gasteiger partial charge on any atom is 0.310 e. The SMILES string of the molecule is COC(=O)C1CC(=O)N([C@H]2CCCC[C@@H]2N)C1. The molecule has 5 nitrogen and oxygen atoms in total. The average Bonchev–Trinajstić information content (AvgIpc) is 2.71. The van der Waals surface area contributed by atoms with Crippen molar-refractivity contribution in [2.24, 2.45) is 11.7 Å². The first-order valence-corrected chi connectivity index (χ1v) is 6.26. The van der Waals surface area contributed by atoms with Crippen LogP contribution in [0.25, 0.3) is 0 Å². The van der Waals surface area contributed by atoms with Crippen molar-refractivity contribution in [3.05, 3.63) is 0 Å². The second kappa shape index (κ2) is 5.04. The third kappa shape index (κ3) is 2.44. The number of carbonyl (C=O) groups is 2. The van der Waals surface area contributed by atoms with E-state index in [9.17, 15) is 9.59 Å². The van der Waals surface area contributed by atoms with Crippen molar-refractivity contribution in [1.82, 2.24) is 4.90 Å². The predicted octanol–water partition coefficient (Wildman–Crippen LogP) is 0.278. The molecule has 2 aliphatic rings. The van der Waals surface area contributed by atoms with E-state index in [1.807, 2.05) is 0 Å². The summed E-state index contributed by atoms with van der Waals surface area (Å²) in [7, 11) is 1.36. The summed E-state index contributed by atoms with van der Waals surface area (Å²) in [6.45, 7) is 0.476. The van der Waals surface area contributed by atoms with Gasteiger partial charge in [-0.15, -0.1) is 0 Å². The summed E-state index contributed by atoms with van der Waals surface area (Å²) in [6, 6.07) is 0.176. The number of ether oxygens (including phenoxy) is 1. The van der Waals surface area contributed by atoms with Crippen molar-refractivity contribution >= 4 is 11.9 Å². The number of amides is 1. The summed E-state index contributed by atoms with van der Waals surface area (Å²) >= 11 is 0. The third-order valence-corrected chi connectivity index (χ3v) is 3.87. The van der Waals surface area contributed by atoms with Gasteiger partial charge in [-0.25, -0.2) is 0 Å². The molecule has 3 atom stereocenters. The van der Waals surface area contributed by atoms with E-state index in [4.69, 9.17) is 10.5 Å². The maximum absolute atomic E-state index is 11.9. The Bertz CT molecular complexity index is 319. The lowest BCUT2D eigenvalue weighted by Gasteiger charge is -2.36. The van der Waals surface area contributed by atoms with Crippen LogP contribution in [0.1, 0.15) is 32.1 Å². The van der Waals surface area contributed by atoms with E-state index in [0.29, 0.717) is 6.54 Å². The summed E-state index contributed by atoms with van der Waals surface area (Å²) in [5.41, 5.74) is 6.07. The topological polar surface area (TPSA) is 72.6 Å². The van der Waals surface area contributed by atoms with Crippen LogP contribution < -0.4 is 5.73 Å². The fraction of sp³-hybridized carbons (Fsp3) is 0.833. The zero-order valence-corrected chi connectivity index (χ0v) is 10.2. The number of carbonyl (C=O) groups excluding carboxylic acids is 2. The molecule has 5 heteroatoms. The van der Waals surface area contributed by atoms with Crippen LogP contribution in [0.2, 0.25) is 0 Å². The van der Waals surface area contributed by atoms with Crippen LogP contribution in [0.15, 0.2) is 0 Å². The summed E-state index contributed by atoms with van der Waals surface area (Å²) in [5, 5.41) is 0. The highest BCUT2D eigenvalue weighted by molar-refractivity contribution is 5.87. The van der Waals surface area contributed by atoms with Crippen LogP contribution in [-0.2, 0) is 14.3 Å². The van der Waals surface area contributed by atoms with Crippen LogP contribution >= 0.6 is 0 Å². The molecule has 17 heavy (non-hydrogen) atoms. The lowest BCUT2D eigenvalue weighted by Crippen LogP contribution is -2.50. The quantitative estimate of drug-likeness (QED) is 0.704. The first-order valence-electron chi connectivity index (χ1n) is 6.26. The van der Waals surface area contributed by atoms with E-state index in [-0.39, 0.29) is 36.3 Å². The molecule has 1 aliphatic carbocycles. The van der Waals surface area contributed by atoms with Gasteiger partial charge >= 0.3 is 5.97 Å². The fourth-order valence-electron chi connectivity index (χ4n) is 2.90. The number of nitrogens with two attached hydrogens (primary N) is 1. The van der Waals surface area contributed by atoms with Gasteiger partial charge in [-0.05, 0) is 12.8 Å². The van der Waals surface area contributed by atoms with Crippen LogP contribution in [0.5, 0.6) is 0 Å². The van der Waals surface area contributed by atoms with Crippen LogP contribution in [0, 0.1) is 5.92 Å². The number of rotatable bonds is 2. The fourth-order valence-corrected chi connectivity index (χ4v) is 2.90. The maximum atomic E-state index is 11.9. The third-order valence-electron chi connectivity index (χ3n) is 3.87. The molecule has 1 heterocycles. The molecule has 0 spiro atoms. The van der Waals surface area contributed by atoms with Gasteiger partial charge in [0.15, 0.2) is 0 Å². The van der Waals surface area contributed by atoms with Gasteiger partial charge < -0.3 is 15.4 Å². The molecular weight excluding hydrogens is 220 g/mol. The molecule has 0 aromatic heterocycles. The second-order valence-corrected chi connectivity index (χ2v) is 4.99. The molecule has 1 saturated carbocycles. The molecule has 2 N–H and O–H groups in total. The van der Waals surface area contributed by atoms with Crippen LogP contribution in [-0.4, -0.2) is 42.5 Å². The van der Waals surface area contributed by atoms with Gasteiger partial charge in [0.1, 0.15) is 0 Å². The minimum absolute atomic E-state index is 0.0442. The van der Waals surface area contributed by atoms with Gasteiger partial charge in [-0.1, -0.05) is 12.8 Å². The molecule has 1 unspecified atom stereocenters. The molecule has 96 valence electrons.